The van der Waals surface area contributed by atoms with Crippen molar-refractivity contribution in [3.63, 3.8) is 0 Å². The van der Waals surface area contributed by atoms with E-state index >= 15 is 0 Å². The second-order valence-electron chi connectivity index (χ2n) is 9.32. The monoisotopic (exact) mass is 532 g/mol. The molecule has 0 aliphatic rings. The molecule has 4 aromatic rings. The van der Waals surface area contributed by atoms with Crippen LogP contribution in [0.2, 0.25) is 0 Å². The topological polar surface area (TPSA) is 152 Å². The van der Waals surface area contributed by atoms with Crippen LogP contribution < -0.4 is 15.6 Å². The summed E-state index contributed by atoms with van der Waals surface area (Å²) in [6, 6.07) is 20.8. The number of aromatic hydroxyl groups is 1. The Morgan fingerprint density at radius 1 is 0.949 bits per heavy atom. The number of pyridine rings is 1. The minimum absolute atomic E-state index is 0.0469. The molecule has 4 rings (SSSR count). The van der Waals surface area contributed by atoms with Crippen LogP contribution in [-0.4, -0.2) is 51.1 Å². The average Bonchev–Trinajstić information content (AvgIpc) is 2.94. The normalized spacial score (nSPS) is 13.6. The van der Waals surface area contributed by atoms with E-state index in [1.165, 1.54) is 12.1 Å². The minimum atomic E-state index is -2.18. The number of carboxylic acids is 1. The van der Waals surface area contributed by atoms with Gasteiger partial charge in [0.15, 0.2) is 0 Å². The van der Waals surface area contributed by atoms with Gasteiger partial charge < -0.3 is 35.5 Å². The zero-order chi connectivity index (χ0) is 27.8. The van der Waals surface area contributed by atoms with Gasteiger partial charge in [0.25, 0.3) is 0 Å². The average molecular weight is 533 g/mol. The first kappa shape index (κ1) is 27.8. The maximum Gasteiger partial charge on any atom is 0.345 e. The molecule has 6 N–H and O–H groups in total. The van der Waals surface area contributed by atoms with Crippen molar-refractivity contribution < 1.29 is 30.0 Å². The number of carbonyl (C=O) groups is 1. The molecule has 9 heteroatoms. The van der Waals surface area contributed by atoms with E-state index in [-0.39, 0.29) is 22.4 Å². The van der Waals surface area contributed by atoms with Gasteiger partial charge in [-0.15, -0.1) is 0 Å². The lowest BCUT2D eigenvalue weighted by Gasteiger charge is -2.25. The van der Waals surface area contributed by atoms with Gasteiger partial charge in [-0.1, -0.05) is 48.5 Å². The number of carboxylic acid groups (broad SMARTS) is 1. The summed E-state index contributed by atoms with van der Waals surface area (Å²) >= 11 is 0. The van der Waals surface area contributed by atoms with Crippen LogP contribution in [0.5, 0.6) is 11.5 Å². The van der Waals surface area contributed by atoms with Crippen LogP contribution in [0.4, 0.5) is 0 Å². The quantitative estimate of drug-likeness (QED) is 0.143. The predicted octanol–water partition coefficient (Wildman–Crippen LogP) is 3.43. The SMILES string of the molecule is O=C(O)C(O)(c1ccccc1)c1cccc(OCCCCCNC[C@H](O)c2ccc(O)c3[nH]c(=O)ccc23)c1. The van der Waals surface area contributed by atoms with Crippen molar-refractivity contribution >= 4 is 16.9 Å². The molecule has 0 amide bonds. The summed E-state index contributed by atoms with van der Waals surface area (Å²) in [6.07, 6.45) is 1.68. The predicted molar refractivity (Wildman–Crippen MR) is 147 cm³/mol. The Hall–Kier alpha value is -4.18. The summed E-state index contributed by atoms with van der Waals surface area (Å²) in [5.41, 5.74) is -1.11. The van der Waals surface area contributed by atoms with Gasteiger partial charge in [-0.2, -0.15) is 0 Å². The van der Waals surface area contributed by atoms with Gasteiger partial charge in [-0.25, -0.2) is 4.79 Å². The van der Waals surface area contributed by atoms with E-state index in [0.29, 0.717) is 41.9 Å². The highest BCUT2D eigenvalue weighted by molar-refractivity contribution is 5.87. The Morgan fingerprint density at radius 3 is 2.49 bits per heavy atom. The Balaban J connectivity index is 1.22. The molecule has 2 atom stereocenters. The standard InChI is InChI=1S/C30H32N2O7/c33-25-14-12-23(24-13-15-27(35)32-28(24)25)26(34)19-31-16-5-2-6-17-39-22-11-7-10-21(18-22)30(38,29(36)37)20-8-3-1-4-9-20/h1,3-4,7-15,18,26,31,33-34,38H,2,5-6,16-17,19H2,(H,32,35)(H,36,37)/t26-,30?/m0/s1. The number of rotatable bonds is 13. The Labute approximate surface area is 225 Å². The fraction of sp³-hybridized carbons (Fsp3) is 0.267. The fourth-order valence-corrected chi connectivity index (χ4v) is 4.52. The van der Waals surface area contributed by atoms with Gasteiger partial charge in [0.1, 0.15) is 11.5 Å². The number of hydrogen-bond donors (Lipinski definition) is 6. The van der Waals surface area contributed by atoms with Gasteiger partial charge in [-0.3, -0.25) is 4.79 Å². The number of phenols is 1. The van der Waals surface area contributed by atoms with Crippen molar-refractivity contribution in [3.05, 3.63) is 106 Å². The Morgan fingerprint density at radius 2 is 1.72 bits per heavy atom. The molecule has 0 saturated heterocycles. The molecule has 0 radical (unpaired) electrons. The number of unbranched alkanes of at least 4 members (excludes halogenated alkanes) is 2. The van der Waals surface area contributed by atoms with Crippen molar-refractivity contribution in [2.75, 3.05) is 19.7 Å². The molecule has 3 aromatic carbocycles. The summed E-state index contributed by atoms with van der Waals surface area (Å²) in [4.78, 5) is 26.2. The third kappa shape index (κ3) is 6.46. The number of nitrogens with one attached hydrogen (secondary N) is 2. The zero-order valence-electron chi connectivity index (χ0n) is 21.3. The summed E-state index contributed by atoms with van der Waals surface area (Å²) in [7, 11) is 0. The van der Waals surface area contributed by atoms with Gasteiger partial charge in [0.2, 0.25) is 11.2 Å². The smallest absolute Gasteiger partial charge is 0.345 e. The van der Waals surface area contributed by atoms with Crippen LogP contribution in [0.25, 0.3) is 10.9 Å². The lowest BCUT2D eigenvalue weighted by molar-refractivity contribution is -0.155. The molecule has 0 aliphatic heterocycles. The van der Waals surface area contributed by atoms with E-state index in [1.807, 2.05) is 0 Å². The van der Waals surface area contributed by atoms with Crippen LogP contribution >= 0.6 is 0 Å². The molecule has 204 valence electrons. The van der Waals surface area contributed by atoms with E-state index in [4.69, 9.17) is 4.74 Å². The Bertz CT molecular complexity index is 1470. The number of ether oxygens (including phenoxy) is 1. The number of aromatic nitrogens is 1. The van der Waals surface area contributed by atoms with Crippen LogP contribution in [0, 0.1) is 0 Å². The molecule has 1 unspecified atom stereocenters. The first-order valence-electron chi connectivity index (χ1n) is 12.8. The fourth-order valence-electron chi connectivity index (χ4n) is 4.52. The molecule has 0 bridgehead atoms. The van der Waals surface area contributed by atoms with Crippen molar-refractivity contribution in [2.45, 2.75) is 31.0 Å². The van der Waals surface area contributed by atoms with Crippen LogP contribution in [0.3, 0.4) is 0 Å². The van der Waals surface area contributed by atoms with Crippen LogP contribution in [-0.2, 0) is 10.4 Å². The largest absolute Gasteiger partial charge is 0.506 e. The van der Waals surface area contributed by atoms with E-state index in [0.717, 1.165) is 19.3 Å². The molecule has 0 saturated carbocycles. The zero-order valence-corrected chi connectivity index (χ0v) is 21.3. The van der Waals surface area contributed by atoms with Gasteiger partial charge in [0.05, 0.1) is 18.2 Å². The number of aromatic amines is 1. The molecular weight excluding hydrogens is 500 g/mol. The molecule has 1 aromatic heterocycles. The third-order valence-corrected chi connectivity index (χ3v) is 6.62. The first-order chi connectivity index (χ1) is 18.8. The highest BCUT2D eigenvalue weighted by Crippen LogP contribution is 2.32. The Kier molecular flexibility index (Phi) is 8.98. The van der Waals surface area contributed by atoms with Crippen LogP contribution in [0.15, 0.2) is 83.7 Å². The maximum absolute atomic E-state index is 12.0. The number of aliphatic carboxylic acids is 1. The molecule has 0 aliphatic carbocycles. The third-order valence-electron chi connectivity index (χ3n) is 6.62. The van der Waals surface area contributed by atoms with E-state index in [1.54, 1.807) is 66.7 Å². The lowest BCUT2D eigenvalue weighted by Crippen LogP contribution is -2.36. The number of aliphatic hydroxyl groups excluding tert-OH is 1. The molecule has 39 heavy (non-hydrogen) atoms. The first-order valence-corrected chi connectivity index (χ1v) is 12.8. The number of fused-ring (bicyclic) bond motifs is 1. The molecule has 0 spiro atoms. The highest BCUT2D eigenvalue weighted by atomic mass is 16.5. The number of hydrogen-bond acceptors (Lipinski definition) is 7. The lowest BCUT2D eigenvalue weighted by atomic mass is 9.86. The summed E-state index contributed by atoms with van der Waals surface area (Å²) in [5.74, 6) is -0.932. The highest BCUT2D eigenvalue weighted by Gasteiger charge is 2.40. The second-order valence-corrected chi connectivity index (χ2v) is 9.32. The van der Waals surface area contributed by atoms with E-state index in [2.05, 4.69) is 10.3 Å². The number of phenolic OH excluding ortho intramolecular Hbond substituents is 1. The summed E-state index contributed by atoms with van der Waals surface area (Å²) in [5, 5.41) is 45.2. The van der Waals surface area contributed by atoms with Crippen molar-refractivity contribution in [1.82, 2.24) is 10.3 Å². The molecule has 1 heterocycles. The van der Waals surface area contributed by atoms with Gasteiger partial charge in [-0.05, 0) is 61.2 Å². The van der Waals surface area contributed by atoms with Gasteiger partial charge in [0, 0.05) is 23.6 Å². The maximum atomic E-state index is 12.0. The second kappa shape index (κ2) is 12.6. The molecular formula is C30H32N2O7. The van der Waals surface area contributed by atoms with Crippen molar-refractivity contribution in [3.8, 4) is 11.5 Å². The molecule has 0 fully saturated rings. The number of aliphatic hydroxyl groups is 2. The van der Waals surface area contributed by atoms with Gasteiger partial charge >= 0.3 is 5.97 Å². The summed E-state index contributed by atoms with van der Waals surface area (Å²) < 4.78 is 5.81. The van der Waals surface area contributed by atoms with E-state index in [9.17, 15) is 30.0 Å². The van der Waals surface area contributed by atoms with Crippen LogP contribution in [0.1, 0.15) is 42.1 Å². The number of benzene rings is 3. The number of H-pyrrole nitrogens is 1. The van der Waals surface area contributed by atoms with E-state index < -0.39 is 17.7 Å². The summed E-state index contributed by atoms with van der Waals surface area (Å²) in [6.45, 7) is 1.43. The van der Waals surface area contributed by atoms with Crippen molar-refractivity contribution in [1.29, 1.82) is 0 Å². The molecule has 9 nitrogen and oxygen atoms in total. The van der Waals surface area contributed by atoms with Crippen molar-refractivity contribution in [2.24, 2.45) is 0 Å². The minimum Gasteiger partial charge on any atom is -0.506 e.